The topological polar surface area (TPSA) is 69.4 Å². The van der Waals surface area contributed by atoms with Crippen LogP contribution in [0.1, 0.15) is 75.9 Å². The maximum Gasteiger partial charge on any atom is 0.198 e. The second kappa shape index (κ2) is 10.4. The SMILES string of the molecule is C=C(Cc1c(Cl)cncc1Cl)c1ccc(OC)c2nc(C3(C(=O)CC(C(C)C)C4CCCC4)CC3)nn12. The molecule has 0 N–H and O–H groups in total. The Hall–Kier alpha value is -2.44. The predicted octanol–water partition coefficient (Wildman–Crippen LogP) is 7.15. The van der Waals surface area contributed by atoms with Crippen molar-refractivity contribution in [2.45, 2.75) is 70.6 Å². The molecule has 2 aliphatic rings. The van der Waals surface area contributed by atoms with E-state index in [2.05, 4.69) is 25.4 Å². The third-order valence-corrected chi connectivity index (χ3v) is 9.02. The molecule has 0 aromatic carbocycles. The van der Waals surface area contributed by atoms with Gasteiger partial charge in [0, 0.05) is 25.2 Å². The lowest BCUT2D eigenvalue weighted by Gasteiger charge is -2.27. The largest absolute Gasteiger partial charge is 0.493 e. The lowest BCUT2D eigenvalue weighted by Crippen LogP contribution is -2.29. The van der Waals surface area contributed by atoms with Gasteiger partial charge in [0.1, 0.15) is 5.78 Å². The highest BCUT2D eigenvalue weighted by Crippen LogP contribution is 2.50. The third-order valence-electron chi connectivity index (χ3n) is 8.37. The molecule has 0 amide bonds. The standard InChI is InChI=1S/C29H34Cl2N4O2/c1-17(2)20(19-7-5-6-8-19)14-26(36)29(11-12-29)28-33-27-25(37-4)10-9-24(35(27)34-28)18(3)13-21-22(30)15-32-16-23(21)31/h9-10,15-17,19-20H,3,5-8,11-14H2,1-2,4H3. The third kappa shape index (κ3) is 4.90. The second-order valence-electron chi connectivity index (χ2n) is 11.0. The summed E-state index contributed by atoms with van der Waals surface area (Å²) in [5.74, 6) is 3.02. The van der Waals surface area contributed by atoms with Crippen LogP contribution in [0, 0.1) is 17.8 Å². The van der Waals surface area contributed by atoms with Crippen molar-refractivity contribution in [2.75, 3.05) is 7.11 Å². The summed E-state index contributed by atoms with van der Waals surface area (Å²) in [5.41, 5.74) is 2.29. The van der Waals surface area contributed by atoms with Crippen LogP contribution in [0.2, 0.25) is 10.0 Å². The van der Waals surface area contributed by atoms with Crippen LogP contribution in [-0.4, -0.2) is 32.5 Å². The van der Waals surface area contributed by atoms with Crippen molar-refractivity contribution in [3.05, 3.63) is 58.2 Å². The van der Waals surface area contributed by atoms with Crippen molar-refractivity contribution in [1.29, 1.82) is 0 Å². The molecule has 2 aliphatic carbocycles. The fourth-order valence-electron chi connectivity index (χ4n) is 5.97. The van der Waals surface area contributed by atoms with Crippen molar-refractivity contribution < 1.29 is 9.53 Å². The molecular formula is C29H34Cl2N4O2. The van der Waals surface area contributed by atoms with Gasteiger partial charge in [0.05, 0.1) is 28.3 Å². The van der Waals surface area contributed by atoms with E-state index in [1.807, 2.05) is 12.1 Å². The first-order chi connectivity index (χ1) is 17.7. The van der Waals surface area contributed by atoms with Crippen molar-refractivity contribution in [2.24, 2.45) is 17.8 Å². The Morgan fingerprint density at radius 2 is 1.86 bits per heavy atom. The molecular weight excluding hydrogens is 507 g/mol. The molecule has 3 aromatic rings. The van der Waals surface area contributed by atoms with Gasteiger partial charge in [0.25, 0.3) is 0 Å². The van der Waals surface area contributed by atoms with Crippen LogP contribution in [0.15, 0.2) is 31.1 Å². The number of fused-ring (bicyclic) bond motifs is 1. The minimum absolute atomic E-state index is 0.281. The number of halogens is 2. The molecule has 0 radical (unpaired) electrons. The van der Waals surface area contributed by atoms with Crippen molar-refractivity contribution in [1.82, 2.24) is 19.6 Å². The summed E-state index contributed by atoms with van der Waals surface area (Å²) in [6.45, 7) is 8.81. The number of rotatable bonds is 10. The molecule has 1 unspecified atom stereocenters. The van der Waals surface area contributed by atoms with Gasteiger partial charge < -0.3 is 4.74 Å². The van der Waals surface area contributed by atoms with Crippen LogP contribution < -0.4 is 4.74 Å². The average molecular weight is 542 g/mol. The van der Waals surface area contributed by atoms with Crippen LogP contribution >= 0.6 is 23.2 Å². The van der Waals surface area contributed by atoms with E-state index >= 15 is 0 Å². The first-order valence-corrected chi connectivity index (χ1v) is 13.9. The lowest BCUT2D eigenvalue weighted by molar-refractivity contribution is -0.123. The molecule has 1 atom stereocenters. The van der Waals surface area contributed by atoms with Gasteiger partial charge in [-0.05, 0) is 53.9 Å². The van der Waals surface area contributed by atoms with E-state index in [0.29, 0.717) is 57.9 Å². The smallest absolute Gasteiger partial charge is 0.198 e. The van der Waals surface area contributed by atoms with Crippen molar-refractivity contribution in [3.63, 3.8) is 0 Å². The Balaban J connectivity index is 1.47. The lowest BCUT2D eigenvalue weighted by atomic mass is 9.77. The Labute approximate surface area is 228 Å². The fourth-order valence-corrected chi connectivity index (χ4v) is 6.47. The average Bonchev–Trinajstić information content (AvgIpc) is 3.28. The zero-order valence-electron chi connectivity index (χ0n) is 21.8. The van der Waals surface area contributed by atoms with Gasteiger partial charge in [-0.25, -0.2) is 9.50 Å². The monoisotopic (exact) mass is 540 g/mol. The molecule has 0 spiro atoms. The Bertz CT molecular complexity index is 1320. The van der Waals surface area contributed by atoms with E-state index in [1.54, 1.807) is 24.0 Å². The number of aromatic nitrogens is 4. The number of methoxy groups -OCH3 is 1. The predicted molar refractivity (Wildman–Crippen MR) is 147 cm³/mol. The summed E-state index contributed by atoms with van der Waals surface area (Å²) in [5, 5.41) is 5.88. The maximum absolute atomic E-state index is 13.8. The minimum atomic E-state index is -0.598. The van der Waals surface area contributed by atoms with Crippen molar-refractivity contribution >= 4 is 40.2 Å². The summed E-state index contributed by atoms with van der Waals surface area (Å²) in [6, 6.07) is 3.77. The Morgan fingerprint density at radius 3 is 2.46 bits per heavy atom. The molecule has 0 saturated heterocycles. The van der Waals surface area contributed by atoms with Gasteiger partial charge >= 0.3 is 0 Å². The number of allylic oxidation sites excluding steroid dienone is 1. The van der Waals surface area contributed by atoms with Gasteiger partial charge in [-0.1, -0.05) is 69.3 Å². The van der Waals surface area contributed by atoms with Gasteiger partial charge in [0.2, 0.25) is 0 Å². The summed E-state index contributed by atoms with van der Waals surface area (Å²) >= 11 is 12.7. The quantitative estimate of drug-likeness (QED) is 0.273. The zero-order chi connectivity index (χ0) is 26.3. The molecule has 6 nitrogen and oxygen atoms in total. The van der Waals surface area contributed by atoms with Crippen LogP contribution in [0.4, 0.5) is 0 Å². The molecule has 37 heavy (non-hydrogen) atoms. The summed E-state index contributed by atoms with van der Waals surface area (Å²) in [6.07, 6.45) is 10.8. The van der Waals surface area contributed by atoms with Crippen LogP contribution in [0.25, 0.3) is 11.2 Å². The molecule has 0 bridgehead atoms. The van der Waals surface area contributed by atoms with Gasteiger partial charge in [-0.2, -0.15) is 0 Å². The zero-order valence-corrected chi connectivity index (χ0v) is 23.3. The van der Waals surface area contributed by atoms with Gasteiger partial charge in [-0.15, -0.1) is 5.10 Å². The summed E-state index contributed by atoms with van der Waals surface area (Å²) < 4.78 is 7.35. The number of nitrogens with zero attached hydrogens (tertiary/aromatic N) is 4. The molecule has 2 fully saturated rings. The number of pyridine rings is 2. The van der Waals surface area contributed by atoms with E-state index in [1.165, 1.54) is 25.7 Å². The summed E-state index contributed by atoms with van der Waals surface area (Å²) in [7, 11) is 1.61. The number of carbonyl (C=O) groups is 1. The van der Waals surface area contributed by atoms with Gasteiger partial charge in [-0.3, -0.25) is 9.78 Å². The molecule has 8 heteroatoms. The number of ether oxygens (including phenoxy) is 1. The van der Waals surface area contributed by atoms with E-state index in [9.17, 15) is 4.79 Å². The number of carbonyl (C=O) groups excluding carboxylic acids is 1. The molecule has 3 aromatic heterocycles. The normalized spacial score (nSPS) is 17.9. The van der Waals surface area contributed by atoms with Crippen LogP contribution in [0.3, 0.4) is 0 Å². The molecule has 196 valence electrons. The number of hydrogen-bond acceptors (Lipinski definition) is 5. The van der Waals surface area contributed by atoms with E-state index < -0.39 is 5.41 Å². The molecule has 2 saturated carbocycles. The van der Waals surface area contributed by atoms with Crippen LogP contribution in [-0.2, 0) is 16.6 Å². The van der Waals surface area contributed by atoms with Gasteiger partial charge in [0.15, 0.2) is 17.2 Å². The highest BCUT2D eigenvalue weighted by molar-refractivity contribution is 6.35. The van der Waals surface area contributed by atoms with Crippen LogP contribution in [0.5, 0.6) is 5.75 Å². The van der Waals surface area contributed by atoms with E-state index in [-0.39, 0.29) is 5.78 Å². The molecule has 3 heterocycles. The van der Waals surface area contributed by atoms with Crippen molar-refractivity contribution in [3.8, 4) is 5.75 Å². The Kier molecular flexibility index (Phi) is 7.34. The Morgan fingerprint density at radius 1 is 1.19 bits per heavy atom. The number of Topliss-reactive ketones (excluding diaryl/α,β-unsaturated/α-hetero) is 1. The fraction of sp³-hybridized carbons (Fsp3) is 0.517. The minimum Gasteiger partial charge on any atom is -0.493 e. The maximum atomic E-state index is 13.8. The highest BCUT2D eigenvalue weighted by Gasteiger charge is 2.55. The second-order valence-corrected chi connectivity index (χ2v) is 11.8. The molecule has 5 rings (SSSR count). The first kappa shape index (κ1) is 26.2. The highest BCUT2D eigenvalue weighted by atomic mass is 35.5. The first-order valence-electron chi connectivity index (χ1n) is 13.2. The van der Waals surface area contributed by atoms with E-state index in [4.69, 9.17) is 38.0 Å². The summed E-state index contributed by atoms with van der Waals surface area (Å²) in [4.78, 5) is 22.7. The molecule has 0 aliphatic heterocycles. The number of hydrogen-bond donors (Lipinski definition) is 0. The number of ketones is 1. The van der Waals surface area contributed by atoms with E-state index in [0.717, 1.165) is 29.7 Å².